The third kappa shape index (κ3) is 5.11. The second-order valence-electron chi connectivity index (χ2n) is 7.83. The molecule has 2 aromatic carbocycles. The lowest BCUT2D eigenvalue weighted by Crippen LogP contribution is -2.10. The molecule has 0 amide bonds. The molecule has 0 aliphatic carbocycles. The molecule has 0 saturated heterocycles. The predicted molar refractivity (Wildman–Crippen MR) is 122 cm³/mol. The van der Waals surface area contributed by atoms with Crippen LogP contribution in [-0.4, -0.2) is 15.6 Å². The monoisotopic (exact) mass is 439 g/mol. The van der Waals surface area contributed by atoms with Crippen LogP contribution >= 0.6 is 23.2 Å². The van der Waals surface area contributed by atoms with Crippen LogP contribution in [0.1, 0.15) is 30.7 Å². The van der Waals surface area contributed by atoms with E-state index in [1.165, 1.54) is 0 Å². The molecule has 0 aliphatic heterocycles. The summed E-state index contributed by atoms with van der Waals surface area (Å²) in [6, 6.07) is 11.2. The van der Waals surface area contributed by atoms with Crippen molar-refractivity contribution < 1.29 is 4.79 Å². The number of halogens is 2. The van der Waals surface area contributed by atoms with Crippen molar-refractivity contribution in [2.45, 2.75) is 33.1 Å². The van der Waals surface area contributed by atoms with Gasteiger partial charge in [0.05, 0.1) is 16.6 Å². The maximum Gasteiger partial charge on any atom is 0.191 e. The molecular weight excluding hydrogens is 417 g/mol. The van der Waals surface area contributed by atoms with E-state index in [2.05, 4.69) is 23.8 Å². The number of carbonyl (C=O) groups is 1. The summed E-state index contributed by atoms with van der Waals surface area (Å²) < 4.78 is 1.69. The van der Waals surface area contributed by atoms with E-state index in [9.17, 15) is 4.79 Å². The van der Waals surface area contributed by atoms with E-state index in [0.29, 0.717) is 33.6 Å². The second-order valence-corrected chi connectivity index (χ2v) is 8.64. The molecule has 0 saturated carbocycles. The van der Waals surface area contributed by atoms with Gasteiger partial charge in [0, 0.05) is 37.3 Å². The molecule has 0 aliphatic rings. The molecule has 6 heteroatoms. The van der Waals surface area contributed by atoms with E-state index in [1.807, 2.05) is 31.3 Å². The summed E-state index contributed by atoms with van der Waals surface area (Å²) in [4.78, 5) is 16.1. The molecule has 0 atom stereocenters. The molecule has 1 heterocycles. The molecule has 0 fully saturated rings. The van der Waals surface area contributed by atoms with E-state index in [-0.39, 0.29) is 12.2 Å². The highest BCUT2D eigenvalue weighted by molar-refractivity contribution is 6.39. The standard InChI is InChI=1S/C24H23Cl2N3O/c1-15(2)9-17-5-6-18(13-23(17)27-3)24-21(25)11-16(12-22(24)26)10-20(30)14-19-7-8-28-29(19)4/h5-8,11-13,15H,9-10,14H2,1-2,4H3. The number of aromatic nitrogens is 2. The van der Waals surface area contributed by atoms with Crippen molar-refractivity contribution in [2.75, 3.05) is 0 Å². The molecule has 0 bridgehead atoms. The lowest BCUT2D eigenvalue weighted by Gasteiger charge is -2.13. The maximum absolute atomic E-state index is 12.5. The summed E-state index contributed by atoms with van der Waals surface area (Å²) in [5.41, 5.74) is 4.75. The molecule has 0 N–H and O–H groups in total. The van der Waals surface area contributed by atoms with Crippen LogP contribution in [0.2, 0.25) is 10.0 Å². The largest absolute Gasteiger partial charge is 0.299 e. The van der Waals surface area contributed by atoms with E-state index < -0.39 is 0 Å². The van der Waals surface area contributed by atoms with Crippen molar-refractivity contribution in [2.24, 2.45) is 13.0 Å². The van der Waals surface area contributed by atoms with Crippen molar-refractivity contribution in [3.8, 4) is 11.1 Å². The van der Waals surface area contributed by atoms with Gasteiger partial charge in [-0.05, 0) is 53.3 Å². The van der Waals surface area contributed by atoms with Crippen molar-refractivity contribution in [3.63, 3.8) is 0 Å². The van der Waals surface area contributed by atoms with Crippen molar-refractivity contribution in [1.82, 2.24) is 9.78 Å². The minimum Gasteiger partial charge on any atom is -0.299 e. The Balaban J connectivity index is 1.85. The number of rotatable bonds is 7. The van der Waals surface area contributed by atoms with Crippen LogP contribution in [0, 0.1) is 12.5 Å². The van der Waals surface area contributed by atoms with Crippen LogP contribution < -0.4 is 0 Å². The van der Waals surface area contributed by atoms with Gasteiger partial charge in [-0.2, -0.15) is 5.10 Å². The molecule has 3 rings (SSSR count). The van der Waals surface area contributed by atoms with Crippen LogP contribution in [0.5, 0.6) is 0 Å². The fourth-order valence-electron chi connectivity index (χ4n) is 3.51. The van der Waals surface area contributed by atoms with Crippen LogP contribution in [0.3, 0.4) is 0 Å². The third-order valence-corrected chi connectivity index (χ3v) is 5.52. The normalized spacial score (nSPS) is 11.0. The summed E-state index contributed by atoms with van der Waals surface area (Å²) in [6.45, 7) is 11.8. The van der Waals surface area contributed by atoms with Crippen LogP contribution in [0.4, 0.5) is 5.69 Å². The Labute approximate surface area is 187 Å². The topological polar surface area (TPSA) is 39.2 Å². The minimum atomic E-state index is 0.0619. The number of hydrogen-bond acceptors (Lipinski definition) is 2. The Kier molecular flexibility index (Phi) is 6.97. The number of Topliss-reactive ketones (excluding diaryl/α,β-unsaturated/α-hetero) is 1. The SMILES string of the molecule is [C-]#[N+]c1cc(-c2c(Cl)cc(CC(=O)Cc3ccnn3C)cc2Cl)ccc1CC(C)C. The summed E-state index contributed by atoms with van der Waals surface area (Å²) >= 11 is 13.1. The molecule has 4 nitrogen and oxygen atoms in total. The Hall–Kier alpha value is -2.61. The first kappa shape index (κ1) is 22.1. The third-order valence-electron chi connectivity index (χ3n) is 4.93. The minimum absolute atomic E-state index is 0.0619. The molecule has 0 unspecified atom stereocenters. The van der Waals surface area contributed by atoms with Crippen molar-refractivity contribution >= 4 is 34.7 Å². The van der Waals surface area contributed by atoms with Gasteiger partial charge >= 0.3 is 0 Å². The summed E-state index contributed by atoms with van der Waals surface area (Å²) in [5, 5.41) is 5.03. The maximum atomic E-state index is 12.5. The Morgan fingerprint density at radius 1 is 1.13 bits per heavy atom. The van der Waals surface area contributed by atoms with Crippen LogP contribution in [-0.2, 0) is 31.1 Å². The summed E-state index contributed by atoms with van der Waals surface area (Å²) in [5.74, 6) is 0.526. The van der Waals surface area contributed by atoms with Crippen molar-refractivity contribution in [1.29, 1.82) is 0 Å². The first-order valence-electron chi connectivity index (χ1n) is 9.75. The van der Waals surface area contributed by atoms with Gasteiger partial charge in [0.15, 0.2) is 5.69 Å². The number of hydrogen-bond donors (Lipinski definition) is 0. The highest BCUT2D eigenvalue weighted by Gasteiger charge is 2.15. The number of carbonyl (C=O) groups excluding carboxylic acids is 1. The number of benzene rings is 2. The zero-order valence-electron chi connectivity index (χ0n) is 17.2. The van der Waals surface area contributed by atoms with Gasteiger partial charge in [0.1, 0.15) is 5.78 Å². The van der Waals surface area contributed by atoms with E-state index in [1.54, 1.807) is 23.0 Å². The van der Waals surface area contributed by atoms with Gasteiger partial charge in [0.2, 0.25) is 0 Å². The molecule has 3 aromatic rings. The average molecular weight is 440 g/mol. The quantitative estimate of drug-likeness (QED) is 0.394. The van der Waals surface area contributed by atoms with E-state index in [4.69, 9.17) is 29.8 Å². The Bertz CT molecular complexity index is 1100. The number of ketones is 1. The first-order valence-corrected chi connectivity index (χ1v) is 10.5. The van der Waals surface area contributed by atoms with Gasteiger partial charge < -0.3 is 0 Å². The van der Waals surface area contributed by atoms with Crippen molar-refractivity contribution in [3.05, 3.63) is 80.9 Å². The van der Waals surface area contributed by atoms with Gasteiger partial charge in [0.25, 0.3) is 0 Å². The van der Waals surface area contributed by atoms with E-state index in [0.717, 1.165) is 28.8 Å². The van der Waals surface area contributed by atoms with Gasteiger partial charge in [-0.25, -0.2) is 4.85 Å². The molecule has 0 spiro atoms. The van der Waals surface area contributed by atoms with Gasteiger partial charge in [-0.1, -0.05) is 49.2 Å². The molecular formula is C24H23Cl2N3O. The Morgan fingerprint density at radius 2 is 1.83 bits per heavy atom. The van der Waals surface area contributed by atoms with Gasteiger partial charge in [-0.15, -0.1) is 0 Å². The highest BCUT2D eigenvalue weighted by Crippen LogP contribution is 2.38. The van der Waals surface area contributed by atoms with Crippen LogP contribution in [0.15, 0.2) is 42.6 Å². The summed E-state index contributed by atoms with van der Waals surface area (Å²) in [6.07, 6.45) is 3.07. The molecule has 1 aromatic heterocycles. The smallest absolute Gasteiger partial charge is 0.191 e. The first-order chi connectivity index (χ1) is 14.3. The number of aryl methyl sites for hydroxylation is 1. The van der Waals surface area contributed by atoms with Crippen LogP contribution in [0.25, 0.3) is 16.0 Å². The number of nitrogens with zero attached hydrogens (tertiary/aromatic N) is 3. The van der Waals surface area contributed by atoms with Gasteiger partial charge in [-0.3, -0.25) is 9.48 Å². The second kappa shape index (κ2) is 9.47. The fourth-order valence-corrected chi connectivity index (χ4v) is 4.26. The van der Waals surface area contributed by atoms with E-state index >= 15 is 0 Å². The Morgan fingerprint density at radius 3 is 2.40 bits per heavy atom. The molecule has 30 heavy (non-hydrogen) atoms. The zero-order chi connectivity index (χ0) is 21.8. The molecule has 0 radical (unpaired) electrons. The lowest BCUT2D eigenvalue weighted by atomic mass is 9.96. The molecule has 154 valence electrons. The summed E-state index contributed by atoms with van der Waals surface area (Å²) in [7, 11) is 1.81. The average Bonchev–Trinajstić information content (AvgIpc) is 3.06. The fraction of sp³-hybridized carbons (Fsp3) is 0.292. The predicted octanol–water partition coefficient (Wildman–Crippen LogP) is 6.50. The highest BCUT2D eigenvalue weighted by atomic mass is 35.5. The lowest BCUT2D eigenvalue weighted by molar-refractivity contribution is -0.117. The zero-order valence-corrected chi connectivity index (χ0v) is 18.8.